The minimum Gasteiger partial charge on any atom is -0.496 e. The Morgan fingerprint density at radius 3 is 3.00 bits per heavy atom. The van der Waals surface area contributed by atoms with Gasteiger partial charge in [0.15, 0.2) is 0 Å². The SMILES string of the molecule is COc1ccc(N2CCCC3NCCC32)cc1C. The molecule has 2 unspecified atom stereocenters. The number of nitrogens with one attached hydrogen (secondary N) is 1. The summed E-state index contributed by atoms with van der Waals surface area (Å²) in [6.45, 7) is 4.48. The van der Waals surface area contributed by atoms with Crippen molar-refractivity contribution in [1.82, 2.24) is 5.32 Å². The number of ether oxygens (including phenoxy) is 1. The molecule has 2 aliphatic rings. The zero-order valence-corrected chi connectivity index (χ0v) is 11.3. The van der Waals surface area contributed by atoms with E-state index in [0.717, 1.165) is 5.75 Å². The summed E-state index contributed by atoms with van der Waals surface area (Å²) in [7, 11) is 1.74. The van der Waals surface area contributed by atoms with Gasteiger partial charge in [0.2, 0.25) is 0 Å². The number of hydrogen-bond acceptors (Lipinski definition) is 3. The van der Waals surface area contributed by atoms with Gasteiger partial charge in [0, 0.05) is 24.3 Å². The zero-order chi connectivity index (χ0) is 12.5. The summed E-state index contributed by atoms with van der Waals surface area (Å²) in [4.78, 5) is 2.58. The number of anilines is 1. The minimum absolute atomic E-state index is 0.687. The number of nitrogens with zero attached hydrogens (tertiary/aromatic N) is 1. The number of aryl methyl sites for hydroxylation is 1. The topological polar surface area (TPSA) is 24.5 Å². The average Bonchev–Trinajstić information content (AvgIpc) is 2.86. The quantitative estimate of drug-likeness (QED) is 0.867. The van der Waals surface area contributed by atoms with E-state index in [2.05, 4.69) is 35.3 Å². The highest BCUT2D eigenvalue weighted by atomic mass is 16.5. The maximum Gasteiger partial charge on any atom is 0.121 e. The average molecular weight is 246 g/mol. The van der Waals surface area contributed by atoms with E-state index in [4.69, 9.17) is 4.74 Å². The second kappa shape index (κ2) is 4.81. The van der Waals surface area contributed by atoms with Gasteiger partial charge in [0.1, 0.15) is 5.75 Å². The van der Waals surface area contributed by atoms with Gasteiger partial charge in [-0.2, -0.15) is 0 Å². The molecular weight excluding hydrogens is 224 g/mol. The molecule has 2 atom stereocenters. The monoisotopic (exact) mass is 246 g/mol. The Bertz CT molecular complexity index is 433. The molecule has 18 heavy (non-hydrogen) atoms. The van der Waals surface area contributed by atoms with Crippen LogP contribution in [0.15, 0.2) is 18.2 Å². The van der Waals surface area contributed by atoms with Crippen molar-refractivity contribution in [2.24, 2.45) is 0 Å². The number of benzene rings is 1. The van der Waals surface area contributed by atoms with Gasteiger partial charge in [0.05, 0.1) is 7.11 Å². The van der Waals surface area contributed by atoms with Crippen LogP contribution in [0.5, 0.6) is 5.75 Å². The molecule has 1 N–H and O–H groups in total. The minimum atomic E-state index is 0.687. The molecule has 0 saturated carbocycles. The summed E-state index contributed by atoms with van der Waals surface area (Å²) < 4.78 is 5.34. The predicted octanol–water partition coefficient (Wildman–Crippen LogP) is 2.33. The standard InChI is InChI=1S/C15H22N2O/c1-11-10-12(5-6-15(11)18-2)17-9-3-4-13-14(17)7-8-16-13/h5-6,10,13-14,16H,3-4,7-9H2,1-2H3. The molecule has 2 fully saturated rings. The first-order valence-corrected chi connectivity index (χ1v) is 6.94. The molecule has 3 heteroatoms. The number of methoxy groups -OCH3 is 1. The van der Waals surface area contributed by atoms with Gasteiger partial charge in [-0.25, -0.2) is 0 Å². The third-order valence-electron chi connectivity index (χ3n) is 4.34. The van der Waals surface area contributed by atoms with E-state index < -0.39 is 0 Å². The van der Waals surface area contributed by atoms with Gasteiger partial charge in [-0.1, -0.05) is 0 Å². The highest BCUT2D eigenvalue weighted by Crippen LogP contribution is 2.32. The molecule has 2 heterocycles. The lowest BCUT2D eigenvalue weighted by atomic mass is 9.96. The summed E-state index contributed by atoms with van der Waals surface area (Å²) in [6, 6.07) is 7.94. The molecule has 0 aliphatic carbocycles. The normalized spacial score (nSPS) is 27.1. The van der Waals surface area contributed by atoms with E-state index in [1.807, 2.05) is 0 Å². The van der Waals surface area contributed by atoms with Crippen LogP contribution in [0.1, 0.15) is 24.8 Å². The lowest BCUT2D eigenvalue weighted by Gasteiger charge is -2.39. The van der Waals surface area contributed by atoms with Gasteiger partial charge in [-0.05, 0) is 56.5 Å². The summed E-state index contributed by atoms with van der Waals surface area (Å²) in [5.74, 6) is 0.983. The Kier molecular flexibility index (Phi) is 3.16. The Balaban J connectivity index is 1.87. The van der Waals surface area contributed by atoms with E-state index in [9.17, 15) is 0 Å². The van der Waals surface area contributed by atoms with Crippen molar-refractivity contribution in [3.05, 3.63) is 23.8 Å². The molecule has 3 rings (SSSR count). The first-order valence-electron chi connectivity index (χ1n) is 6.94. The highest BCUT2D eigenvalue weighted by Gasteiger charge is 2.34. The molecule has 1 aromatic carbocycles. The van der Waals surface area contributed by atoms with Crippen LogP contribution in [0.25, 0.3) is 0 Å². The van der Waals surface area contributed by atoms with Crippen molar-refractivity contribution >= 4 is 5.69 Å². The first-order chi connectivity index (χ1) is 8.79. The van der Waals surface area contributed by atoms with Crippen LogP contribution in [-0.2, 0) is 0 Å². The zero-order valence-electron chi connectivity index (χ0n) is 11.3. The van der Waals surface area contributed by atoms with Crippen LogP contribution in [0.2, 0.25) is 0 Å². The van der Waals surface area contributed by atoms with E-state index in [-0.39, 0.29) is 0 Å². The van der Waals surface area contributed by atoms with Crippen molar-refractivity contribution in [3.8, 4) is 5.75 Å². The van der Waals surface area contributed by atoms with E-state index >= 15 is 0 Å². The smallest absolute Gasteiger partial charge is 0.121 e. The second-order valence-corrected chi connectivity index (χ2v) is 5.41. The molecular formula is C15H22N2O. The maximum atomic E-state index is 5.34. The third kappa shape index (κ3) is 1.97. The van der Waals surface area contributed by atoms with Crippen LogP contribution in [0.3, 0.4) is 0 Å². The molecule has 0 bridgehead atoms. The van der Waals surface area contributed by atoms with Gasteiger partial charge >= 0.3 is 0 Å². The number of piperidine rings is 1. The molecule has 98 valence electrons. The van der Waals surface area contributed by atoms with E-state index in [1.165, 1.54) is 43.6 Å². The Morgan fingerprint density at radius 1 is 1.33 bits per heavy atom. The van der Waals surface area contributed by atoms with Gasteiger partial charge in [0.25, 0.3) is 0 Å². The van der Waals surface area contributed by atoms with Crippen molar-refractivity contribution in [2.75, 3.05) is 25.1 Å². The van der Waals surface area contributed by atoms with Crippen molar-refractivity contribution in [3.63, 3.8) is 0 Å². The number of hydrogen-bond donors (Lipinski definition) is 1. The highest BCUT2D eigenvalue weighted by molar-refractivity contribution is 5.54. The van der Waals surface area contributed by atoms with Crippen LogP contribution in [-0.4, -0.2) is 32.3 Å². The Hall–Kier alpha value is -1.22. The molecule has 0 radical (unpaired) electrons. The fraction of sp³-hybridized carbons (Fsp3) is 0.600. The van der Waals surface area contributed by atoms with Crippen LogP contribution >= 0.6 is 0 Å². The van der Waals surface area contributed by atoms with Gasteiger partial charge in [-0.15, -0.1) is 0 Å². The molecule has 0 spiro atoms. The van der Waals surface area contributed by atoms with Crippen LogP contribution in [0, 0.1) is 6.92 Å². The molecule has 0 aromatic heterocycles. The molecule has 0 amide bonds. The van der Waals surface area contributed by atoms with E-state index in [0.29, 0.717) is 12.1 Å². The predicted molar refractivity (Wildman–Crippen MR) is 74.5 cm³/mol. The number of fused-ring (bicyclic) bond motifs is 1. The fourth-order valence-electron chi connectivity index (χ4n) is 3.43. The summed E-state index contributed by atoms with van der Waals surface area (Å²) >= 11 is 0. The summed E-state index contributed by atoms with van der Waals surface area (Å²) in [6.07, 6.45) is 3.89. The maximum absolute atomic E-state index is 5.34. The summed E-state index contributed by atoms with van der Waals surface area (Å²) in [5.41, 5.74) is 2.58. The van der Waals surface area contributed by atoms with Crippen molar-refractivity contribution in [2.45, 2.75) is 38.3 Å². The van der Waals surface area contributed by atoms with E-state index in [1.54, 1.807) is 7.11 Å². The summed E-state index contributed by atoms with van der Waals surface area (Å²) in [5, 5.41) is 3.63. The fourth-order valence-corrected chi connectivity index (χ4v) is 3.43. The molecule has 3 nitrogen and oxygen atoms in total. The van der Waals surface area contributed by atoms with Crippen molar-refractivity contribution < 1.29 is 4.74 Å². The third-order valence-corrected chi connectivity index (χ3v) is 4.34. The lowest BCUT2D eigenvalue weighted by molar-refractivity contribution is 0.407. The van der Waals surface area contributed by atoms with Crippen LogP contribution in [0.4, 0.5) is 5.69 Å². The largest absolute Gasteiger partial charge is 0.496 e. The van der Waals surface area contributed by atoms with Gasteiger partial charge in [-0.3, -0.25) is 0 Å². The molecule has 1 aromatic rings. The molecule has 2 saturated heterocycles. The van der Waals surface area contributed by atoms with Crippen LogP contribution < -0.4 is 15.0 Å². The number of rotatable bonds is 2. The van der Waals surface area contributed by atoms with Crippen molar-refractivity contribution in [1.29, 1.82) is 0 Å². The Labute approximate surface area is 109 Å². The first kappa shape index (κ1) is 11.8. The van der Waals surface area contributed by atoms with Gasteiger partial charge < -0.3 is 15.0 Å². The lowest BCUT2D eigenvalue weighted by Crippen LogP contribution is -2.48. The molecule has 2 aliphatic heterocycles. The Morgan fingerprint density at radius 2 is 2.22 bits per heavy atom. The second-order valence-electron chi connectivity index (χ2n) is 5.41.